The van der Waals surface area contributed by atoms with E-state index >= 15 is 4.39 Å². The molecular weight excluding hydrogens is 631 g/mol. The third-order valence-electron chi connectivity index (χ3n) is 10.4. The van der Waals surface area contributed by atoms with Crippen molar-refractivity contribution in [2.45, 2.75) is 55.4 Å². The molecule has 0 spiro atoms. The monoisotopic (exact) mass is 662 g/mol. The Balaban J connectivity index is 1.28. The minimum atomic E-state index is -1.80. The zero-order chi connectivity index (χ0) is 33.4. The van der Waals surface area contributed by atoms with Gasteiger partial charge in [0.25, 0.3) is 6.08 Å². The van der Waals surface area contributed by atoms with E-state index in [4.69, 9.17) is 16.1 Å². The molecule has 4 aliphatic heterocycles. The third kappa shape index (κ3) is 5.00. The number of ether oxygens (including phenoxy) is 1. The van der Waals surface area contributed by atoms with Gasteiger partial charge in [0.15, 0.2) is 5.82 Å². The van der Waals surface area contributed by atoms with Crippen molar-refractivity contribution in [2.75, 3.05) is 37.7 Å². The quantitative estimate of drug-likeness (QED) is 0.196. The number of halogens is 5. The molecule has 248 valence electrons. The van der Waals surface area contributed by atoms with Crippen LogP contribution in [0.1, 0.15) is 37.7 Å². The number of terminal acetylenes is 1. The van der Waals surface area contributed by atoms with Gasteiger partial charge in [0.05, 0.1) is 22.0 Å². The van der Waals surface area contributed by atoms with Crippen molar-refractivity contribution in [1.29, 1.82) is 0 Å². The van der Waals surface area contributed by atoms with Crippen molar-refractivity contribution in [3.05, 3.63) is 59.8 Å². The van der Waals surface area contributed by atoms with E-state index in [-0.39, 0.29) is 69.9 Å². The van der Waals surface area contributed by atoms with Crippen molar-refractivity contribution in [1.82, 2.24) is 25.2 Å². The lowest BCUT2D eigenvalue weighted by atomic mass is 9.95. The number of alkyl halides is 1. The topological polar surface area (TPSA) is 86.6 Å². The average molecular weight is 663 g/mol. The van der Waals surface area contributed by atoms with Crippen LogP contribution in [0, 0.1) is 24.0 Å². The molecule has 0 saturated carbocycles. The van der Waals surface area contributed by atoms with Crippen molar-refractivity contribution in [2.24, 2.45) is 0 Å². The number of piperazine rings is 1. The molecule has 4 fully saturated rings. The molecule has 2 aromatic heterocycles. The fourth-order valence-electron chi connectivity index (χ4n) is 8.36. The Hall–Kier alpha value is -4.54. The number of fused-ring (bicyclic) bond motifs is 5. The van der Waals surface area contributed by atoms with Gasteiger partial charge in [-0.1, -0.05) is 12.0 Å². The van der Waals surface area contributed by atoms with Gasteiger partial charge in [-0.2, -0.15) is 18.7 Å². The summed E-state index contributed by atoms with van der Waals surface area (Å²) in [5.74, 6) is 0.785. The van der Waals surface area contributed by atoms with Gasteiger partial charge in [0.2, 0.25) is 0 Å². The van der Waals surface area contributed by atoms with Gasteiger partial charge in [0.1, 0.15) is 41.4 Å². The zero-order valence-corrected chi connectivity index (χ0v) is 25.7. The number of hydrogen-bond donors (Lipinski definition) is 2. The van der Waals surface area contributed by atoms with Crippen LogP contribution in [0.4, 0.5) is 27.8 Å². The maximum Gasteiger partial charge on any atom is 0.319 e. The van der Waals surface area contributed by atoms with E-state index in [1.807, 2.05) is 4.90 Å². The summed E-state index contributed by atoms with van der Waals surface area (Å²) in [7, 11) is 0. The van der Waals surface area contributed by atoms with Crippen molar-refractivity contribution >= 4 is 27.5 Å². The molecule has 2 bridgehead atoms. The van der Waals surface area contributed by atoms with Crippen LogP contribution in [-0.2, 0) is 0 Å². The predicted octanol–water partition coefficient (Wildman–Crippen LogP) is 5.86. The molecule has 6 heterocycles. The largest absolute Gasteiger partial charge is 0.508 e. The number of hydrogen-bond acceptors (Lipinski definition) is 8. The standard InChI is InChI=1S/C35H31F5N6O2/c1-2-23-26(37)5-4-19-10-22(47)11-24(28(19)23)30-29(40)31-25(14-41-30)32(45-16-21-6-8-34(17-45,44-21)13-27(38)39)43-33(42-31)48-18-35-7-3-9-46(35)15-20(36)12-35/h1,4-5,10-11,13-14,20-21,44,47H,3,6-9,12,15-18H2/t20-,21?,34?,35+/m1/s1. The molecule has 4 saturated heterocycles. The molecule has 4 atom stereocenters. The predicted molar refractivity (Wildman–Crippen MR) is 170 cm³/mol. The zero-order valence-electron chi connectivity index (χ0n) is 25.7. The number of nitrogens with one attached hydrogen (secondary N) is 1. The number of aromatic nitrogens is 3. The molecule has 48 heavy (non-hydrogen) atoms. The number of phenols is 1. The molecule has 13 heteroatoms. The number of pyridine rings is 1. The molecule has 2 aromatic carbocycles. The molecule has 0 aliphatic carbocycles. The summed E-state index contributed by atoms with van der Waals surface area (Å²) >= 11 is 0. The summed E-state index contributed by atoms with van der Waals surface area (Å²) in [5.41, 5.74) is -2.00. The molecule has 4 aromatic rings. The Morgan fingerprint density at radius 3 is 2.85 bits per heavy atom. The molecule has 8 nitrogen and oxygen atoms in total. The minimum Gasteiger partial charge on any atom is -0.508 e. The number of aromatic hydroxyl groups is 1. The maximum absolute atomic E-state index is 16.9. The first-order valence-electron chi connectivity index (χ1n) is 15.9. The summed E-state index contributed by atoms with van der Waals surface area (Å²) in [4.78, 5) is 17.5. The van der Waals surface area contributed by atoms with Crippen LogP contribution in [0.3, 0.4) is 0 Å². The van der Waals surface area contributed by atoms with Crippen LogP contribution in [0.15, 0.2) is 42.6 Å². The Morgan fingerprint density at radius 1 is 1.19 bits per heavy atom. The molecule has 2 N–H and O–H groups in total. The van der Waals surface area contributed by atoms with Crippen LogP contribution in [0.5, 0.6) is 11.8 Å². The van der Waals surface area contributed by atoms with Gasteiger partial charge in [-0.15, -0.1) is 6.42 Å². The molecule has 0 amide bonds. The fourth-order valence-corrected chi connectivity index (χ4v) is 8.36. The molecular formula is C35H31F5N6O2. The normalized spacial score (nSPS) is 26.6. The van der Waals surface area contributed by atoms with Crippen molar-refractivity contribution in [3.8, 4) is 35.4 Å². The molecule has 2 unspecified atom stereocenters. The van der Waals surface area contributed by atoms with Gasteiger partial charge in [0, 0.05) is 55.3 Å². The van der Waals surface area contributed by atoms with E-state index in [1.54, 1.807) is 0 Å². The molecule has 0 radical (unpaired) electrons. The smallest absolute Gasteiger partial charge is 0.319 e. The minimum absolute atomic E-state index is 0.0580. The van der Waals surface area contributed by atoms with E-state index in [0.29, 0.717) is 37.7 Å². The van der Waals surface area contributed by atoms with Gasteiger partial charge in [-0.05, 0) is 55.8 Å². The first-order valence-corrected chi connectivity index (χ1v) is 15.9. The van der Waals surface area contributed by atoms with Crippen LogP contribution in [-0.4, -0.2) is 81.0 Å². The van der Waals surface area contributed by atoms with E-state index in [2.05, 4.69) is 26.1 Å². The highest BCUT2D eigenvalue weighted by Gasteiger charge is 2.50. The van der Waals surface area contributed by atoms with E-state index in [9.17, 15) is 22.7 Å². The summed E-state index contributed by atoms with van der Waals surface area (Å²) in [6.45, 7) is 1.68. The van der Waals surface area contributed by atoms with Crippen LogP contribution < -0.4 is 15.0 Å². The van der Waals surface area contributed by atoms with Crippen LogP contribution in [0.2, 0.25) is 0 Å². The lowest BCUT2D eigenvalue weighted by Gasteiger charge is -2.40. The van der Waals surface area contributed by atoms with Gasteiger partial charge in [-0.25, -0.2) is 13.2 Å². The lowest BCUT2D eigenvalue weighted by molar-refractivity contribution is 0.107. The van der Waals surface area contributed by atoms with Crippen LogP contribution >= 0.6 is 0 Å². The number of nitrogens with zero attached hydrogens (tertiary/aromatic N) is 5. The third-order valence-corrected chi connectivity index (χ3v) is 10.4. The number of anilines is 1. The lowest BCUT2D eigenvalue weighted by Crippen LogP contribution is -2.59. The van der Waals surface area contributed by atoms with Gasteiger partial charge < -0.3 is 20.1 Å². The summed E-state index contributed by atoms with van der Waals surface area (Å²) in [6, 6.07) is 4.98. The van der Waals surface area contributed by atoms with Crippen LogP contribution in [0.25, 0.3) is 32.9 Å². The number of benzene rings is 2. The SMILES string of the molecule is C#Cc1c(F)ccc2cc(O)cc(-c3ncc4c(N5CC6CCC(C=C(F)F)(C5)N6)nc(OC[C@@]56CCCN5C[C@H](F)C6)nc4c3F)c12. The van der Waals surface area contributed by atoms with Crippen molar-refractivity contribution < 1.29 is 31.8 Å². The first-order chi connectivity index (χ1) is 23.1. The van der Waals surface area contributed by atoms with Gasteiger partial charge >= 0.3 is 6.01 Å². The Kier molecular flexibility index (Phi) is 7.23. The highest BCUT2D eigenvalue weighted by atomic mass is 19.3. The first kappa shape index (κ1) is 30.8. The number of rotatable bonds is 6. The Labute approximate surface area is 272 Å². The average Bonchev–Trinajstić information content (AvgIpc) is 3.67. The summed E-state index contributed by atoms with van der Waals surface area (Å²) in [5, 5.41) is 14.6. The van der Waals surface area contributed by atoms with Crippen molar-refractivity contribution in [3.63, 3.8) is 0 Å². The maximum atomic E-state index is 16.9. The second-order valence-corrected chi connectivity index (χ2v) is 13.4. The molecule has 8 rings (SSSR count). The number of phenolic OH excluding ortho intramolecular Hbond substituents is 1. The summed E-state index contributed by atoms with van der Waals surface area (Å²) in [6.07, 6.45) is 8.24. The highest BCUT2D eigenvalue weighted by molar-refractivity contribution is 6.03. The Bertz CT molecular complexity index is 2050. The van der Waals surface area contributed by atoms with E-state index in [0.717, 1.165) is 25.5 Å². The molecule has 4 aliphatic rings. The van der Waals surface area contributed by atoms with E-state index in [1.165, 1.54) is 30.5 Å². The Morgan fingerprint density at radius 2 is 2.04 bits per heavy atom. The fraction of sp³-hybridized carbons (Fsp3) is 0.400. The second-order valence-electron chi connectivity index (χ2n) is 13.4. The summed E-state index contributed by atoms with van der Waals surface area (Å²) < 4.78 is 79.6. The highest BCUT2D eigenvalue weighted by Crippen LogP contribution is 2.43. The van der Waals surface area contributed by atoms with Gasteiger partial charge in [-0.3, -0.25) is 9.88 Å². The second kappa shape index (κ2) is 11.3. The van der Waals surface area contributed by atoms with E-state index < -0.39 is 35.0 Å².